The molecule has 0 saturated heterocycles. The molecule has 2 aromatic rings. The summed E-state index contributed by atoms with van der Waals surface area (Å²) < 4.78 is 1.94. The summed E-state index contributed by atoms with van der Waals surface area (Å²) in [5.74, 6) is 1.31. The van der Waals surface area contributed by atoms with Crippen molar-refractivity contribution in [2.24, 2.45) is 17.8 Å². The normalized spacial score (nSPS) is 32.2. The van der Waals surface area contributed by atoms with Crippen LogP contribution in [-0.4, -0.2) is 26.2 Å². The monoisotopic (exact) mass is 297 g/mol. The van der Waals surface area contributed by atoms with Gasteiger partial charge in [0.05, 0.1) is 22.9 Å². The van der Waals surface area contributed by atoms with Crippen LogP contribution in [0.5, 0.6) is 0 Å². The maximum Gasteiger partial charge on any atom is 0.326 e. The van der Waals surface area contributed by atoms with E-state index in [1.807, 2.05) is 4.57 Å². The van der Waals surface area contributed by atoms with Crippen molar-refractivity contribution in [2.45, 2.75) is 31.7 Å². The van der Waals surface area contributed by atoms with E-state index in [2.05, 4.69) is 22.1 Å². The lowest BCUT2D eigenvalue weighted by Crippen LogP contribution is -2.33. The second-order valence-electron chi connectivity index (χ2n) is 6.96. The number of aromatic amines is 1. The van der Waals surface area contributed by atoms with Gasteiger partial charge in [-0.3, -0.25) is 9.55 Å². The molecule has 2 fully saturated rings. The summed E-state index contributed by atoms with van der Waals surface area (Å²) in [7, 11) is 0. The Balaban J connectivity index is 1.78. The van der Waals surface area contributed by atoms with Gasteiger partial charge < -0.3 is 10.1 Å². The van der Waals surface area contributed by atoms with Crippen molar-refractivity contribution >= 4 is 17.1 Å². The molecule has 1 unspecified atom stereocenters. The van der Waals surface area contributed by atoms with Gasteiger partial charge in [-0.05, 0) is 31.1 Å². The molecule has 0 amide bonds. The third-order valence-electron chi connectivity index (χ3n) is 6.02. The molecule has 4 atom stereocenters. The molecule has 3 aliphatic carbocycles. The highest BCUT2D eigenvalue weighted by molar-refractivity contribution is 5.87. The van der Waals surface area contributed by atoms with Crippen LogP contribution in [0.2, 0.25) is 0 Å². The molecule has 0 aromatic carbocycles. The van der Waals surface area contributed by atoms with Crippen LogP contribution in [0.3, 0.4) is 0 Å². The number of imidazole rings is 1. The van der Waals surface area contributed by atoms with Gasteiger partial charge in [0, 0.05) is 30.6 Å². The number of H-pyrrole nitrogens is 1. The average Bonchev–Trinajstić information content (AvgIpc) is 3.27. The first kappa shape index (κ1) is 12.6. The second kappa shape index (κ2) is 4.32. The zero-order valence-corrected chi connectivity index (χ0v) is 12.3. The quantitative estimate of drug-likeness (QED) is 0.889. The van der Waals surface area contributed by atoms with Crippen molar-refractivity contribution in [1.29, 1.82) is 0 Å². The van der Waals surface area contributed by atoms with Gasteiger partial charge >= 0.3 is 5.69 Å². The van der Waals surface area contributed by atoms with E-state index in [1.54, 1.807) is 6.20 Å². The minimum Gasteiger partial charge on any atom is -0.396 e. The summed E-state index contributed by atoms with van der Waals surface area (Å²) in [5, 5.41) is 9.86. The third kappa shape index (κ3) is 1.47. The predicted molar refractivity (Wildman–Crippen MR) is 83.5 cm³/mol. The highest BCUT2D eigenvalue weighted by Crippen LogP contribution is 2.54. The van der Waals surface area contributed by atoms with Gasteiger partial charge in [0.1, 0.15) is 0 Å². The van der Waals surface area contributed by atoms with E-state index < -0.39 is 0 Å². The Kier molecular flexibility index (Phi) is 2.48. The minimum atomic E-state index is -0.0542. The van der Waals surface area contributed by atoms with Crippen molar-refractivity contribution in [3.8, 4) is 0 Å². The average molecular weight is 297 g/mol. The molecule has 0 aliphatic heterocycles. The molecule has 3 aliphatic rings. The Hall–Kier alpha value is -1.88. The van der Waals surface area contributed by atoms with E-state index in [1.165, 1.54) is 12.8 Å². The van der Waals surface area contributed by atoms with Crippen molar-refractivity contribution < 1.29 is 5.11 Å². The van der Waals surface area contributed by atoms with E-state index in [4.69, 9.17) is 0 Å². The van der Waals surface area contributed by atoms with Gasteiger partial charge in [-0.2, -0.15) is 0 Å². The number of rotatable bonds is 2. The van der Waals surface area contributed by atoms with Gasteiger partial charge in [0.25, 0.3) is 0 Å². The van der Waals surface area contributed by atoms with Gasteiger partial charge in [0.15, 0.2) is 0 Å². The first-order valence-electron chi connectivity index (χ1n) is 8.17. The molecule has 114 valence electrons. The molecule has 22 heavy (non-hydrogen) atoms. The Morgan fingerprint density at radius 3 is 3.09 bits per heavy atom. The Bertz CT molecular complexity index is 847. The largest absolute Gasteiger partial charge is 0.396 e. The number of fused-ring (bicyclic) bond motifs is 5. The van der Waals surface area contributed by atoms with Crippen LogP contribution in [0.15, 0.2) is 17.1 Å². The molecular weight excluding hydrogens is 278 g/mol. The van der Waals surface area contributed by atoms with E-state index in [9.17, 15) is 9.90 Å². The lowest BCUT2D eigenvalue weighted by atomic mass is 9.84. The fourth-order valence-corrected chi connectivity index (χ4v) is 5.13. The highest BCUT2D eigenvalue weighted by atomic mass is 16.3. The zero-order chi connectivity index (χ0) is 14.8. The van der Waals surface area contributed by atoms with Crippen LogP contribution in [0.1, 0.15) is 36.6 Å². The Labute approximate surface area is 127 Å². The van der Waals surface area contributed by atoms with Crippen molar-refractivity contribution in [3.05, 3.63) is 34.0 Å². The number of aliphatic hydroxyl groups excluding tert-OH is 1. The van der Waals surface area contributed by atoms with Crippen LogP contribution < -0.4 is 5.69 Å². The van der Waals surface area contributed by atoms with Gasteiger partial charge in [-0.1, -0.05) is 12.2 Å². The number of allylic oxidation sites excluding steroid dienone is 1. The molecule has 2 bridgehead atoms. The smallest absolute Gasteiger partial charge is 0.326 e. The van der Waals surface area contributed by atoms with Gasteiger partial charge in [-0.25, -0.2) is 4.79 Å². The fraction of sp³-hybridized carbons (Fsp3) is 0.529. The van der Waals surface area contributed by atoms with Crippen molar-refractivity contribution in [2.75, 3.05) is 6.61 Å². The third-order valence-corrected chi connectivity index (χ3v) is 6.02. The van der Waals surface area contributed by atoms with Crippen molar-refractivity contribution in [1.82, 2.24) is 14.5 Å². The molecule has 2 aromatic heterocycles. The second-order valence-corrected chi connectivity index (χ2v) is 6.96. The Morgan fingerprint density at radius 2 is 2.23 bits per heavy atom. The highest BCUT2D eigenvalue weighted by Gasteiger charge is 2.49. The van der Waals surface area contributed by atoms with Crippen LogP contribution >= 0.6 is 0 Å². The molecule has 0 spiro atoms. The summed E-state index contributed by atoms with van der Waals surface area (Å²) in [6, 6.07) is 0.130. The number of nitrogens with zero attached hydrogens (tertiary/aromatic N) is 2. The van der Waals surface area contributed by atoms with Crippen LogP contribution in [-0.2, 0) is 6.42 Å². The maximum absolute atomic E-state index is 12.6. The molecule has 0 radical (unpaired) electrons. The van der Waals surface area contributed by atoms with Crippen LogP contribution in [0.4, 0.5) is 0 Å². The summed E-state index contributed by atoms with van der Waals surface area (Å²) in [5.41, 5.74) is 3.87. The van der Waals surface area contributed by atoms with E-state index in [0.29, 0.717) is 11.8 Å². The summed E-state index contributed by atoms with van der Waals surface area (Å²) in [6.45, 7) is 0.175. The maximum atomic E-state index is 12.6. The van der Waals surface area contributed by atoms with E-state index in [-0.39, 0.29) is 24.3 Å². The first-order chi connectivity index (χ1) is 10.8. The predicted octanol–water partition coefficient (Wildman–Crippen LogP) is 1.87. The fourth-order valence-electron chi connectivity index (χ4n) is 5.13. The summed E-state index contributed by atoms with van der Waals surface area (Å²) >= 11 is 0. The number of pyridine rings is 1. The topological polar surface area (TPSA) is 70.9 Å². The number of hydrogen-bond acceptors (Lipinski definition) is 3. The number of aliphatic hydroxyl groups is 1. The standard InChI is InChI=1S/C17H19N3O2/c21-8-12-9-4-5-10(6-9)15(12)20-16-11-2-1-3-13(11)18-7-14(16)19-17(20)22/h1-2,7,9-10,12,15,21H,3-6,8H2,(H,19,22)/t9-,10?,12+,15-/m0/s1. The lowest BCUT2D eigenvalue weighted by Gasteiger charge is -2.31. The minimum absolute atomic E-state index is 0.0542. The van der Waals surface area contributed by atoms with Crippen molar-refractivity contribution in [3.63, 3.8) is 0 Å². The SMILES string of the molecule is O=c1[nH]c2cnc3c(c2n1[C@H]1C2CC[C@@H](C2)[C@H]1CO)C=CC3. The summed E-state index contributed by atoms with van der Waals surface area (Å²) in [4.78, 5) is 20.1. The van der Waals surface area contributed by atoms with E-state index in [0.717, 1.165) is 35.1 Å². The molecule has 2 saturated carbocycles. The molecule has 2 N–H and O–H groups in total. The molecule has 5 heteroatoms. The first-order valence-corrected chi connectivity index (χ1v) is 8.17. The summed E-state index contributed by atoms with van der Waals surface area (Å²) in [6.07, 6.45) is 10.3. The number of nitrogens with one attached hydrogen (secondary N) is 1. The molecule has 2 heterocycles. The van der Waals surface area contributed by atoms with Crippen LogP contribution in [0.25, 0.3) is 17.1 Å². The molecule has 5 nitrogen and oxygen atoms in total. The van der Waals surface area contributed by atoms with Crippen LogP contribution in [0, 0.1) is 17.8 Å². The lowest BCUT2D eigenvalue weighted by molar-refractivity contribution is 0.129. The van der Waals surface area contributed by atoms with Gasteiger partial charge in [0.2, 0.25) is 0 Å². The Morgan fingerprint density at radius 1 is 1.36 bits per heavy atom. The van der Waals surface area contributed by atoms with E-state index >= 15 is 0 Å². The molecule has 5 rings (SSSR count). The number of aromatic nitrogens is 3. The molecular formula is C17H19N3O2. The number of hydrogen-bond donors (Lipinski definition) is 2. The zero-order valence-electron chi connectivity index (χ0n) is 12.3. The van der Waals surface area contributed by atoms with Gasteiger partial charge in [-0.15, -0.1) is 0 Å².